The Morgan fingerprint density at radius 1 is 1.14 bits per heavy atom. The molecule has 2 aromatic rings. The smallest absolute Gasteiger partial charge is 0.387 e. The highest BCUT2D eigenvalue weighted by Gasteiger charge is 2.45. The van der Waals surface area contributed by atoms with Crippen LogP contribution in [0, 0.1) is 0 Å². The normalized spacial score (nSPS) is 28.9. The van der Waals surface area contributed by atoms with Crippen LogP contribution in [0.5, 0.6) is 0 Å². The zero-order valence-corrected chi connectivity index (χ0v) is 15.8. The first-order valence-electron chi connectivity index (χ1n) is 8.99. The van der Waals surface area contributed by atoms with E-state index in [0.717, 1.165) is 25.9 Å². The zero-order valence-electron chi connectivity index (χ0n) is 14.9. The molecule has 4 heterocycles. The van der Waals surface area contributed by atoms with Crippen LogP contribution >= 0.6 is 7.82 Å². The van der Waals surface area contributed by atoms with Gasteiger partial charge in [-0.3, -0.25) is 9.09 Å². The first kappa shape index (κ1) is 19.6. The number of anilines is 1. The van der Waals surface area contributed by atoms with Gasteiger partial charge in [-0.2, -0.15) is 0 Å². The molecule has 0 radical (unpaired) electrons. The highest BCUT2D eigenvalue weighted by atomic mass is 31.2. The number of aliphatic hydroxyl groups is 2. The summed E-state index contributed by atoms with van der Waals surface area (Å²) in [5.41, 5.74) is 0.994. The van der Waals surface area contributed by atoms with Crippen LogP contribution in [-0.2, 0) is 13.8 Å². The third-order valence-electron chi connectivity index (χ3n) is 5.01. The average molecular weight is 415 g/mol. The average Bonchev–Trinajstić information content (AvgIpc) is 3.22. The molecule has 2 aromatic heterocycles. The summed E-state index contributed by atoms with van der Waals surface area (Å²) in [6, 6.07) is 0. The molecule has 154 valence electrons. The Hall–Kier alpha value is -1.66. The van der Waals surface area contributed by atoms with Gasteiger partial charge in [0.25, 0.3) is 0 Å². The third-order valence-corrected chi connectivity index (χ3v) is 5.50. The first-order chi connectivity index (χ1) is 13.3. The molecule has 0 spiro atoms. The van der Waals surface area contributed by atoms with Crippen LogP contribution in [0.1, 0.15) is 25.5 Å². The quantitative estimate of drug-likeness (QED) is 0.467. The second-order valence-corrected chi connectivity index (χ2v) is 8.14. The molecule has 2 aliphatic rings. The fourth-order valence-electron chi connectivity index (χ4n) is 3.63. The highest BCUT2D eigenvalue weighted by Crippen LogP contribution is 2.39. The number of phosphoric acid groups is 1. The van der Waals surface area contributed by atoms with E-state index in [0.29, 0.717) is 17.0 Å². The molecule has 2 aliphatic heterocycles. The van der Waals surface area contributed by atoms with Crippen molar-refractivity contribution in [1.29, 1.82) is 0 Å². The molecule has 0 unspecified atom stereocenters. The first-order valence-corrected chi connectivity index (χ1v) is 10.5. The maximum atomic E-state index is 10.9. The SMILES string of the molecule is O=P(O)(O)OC[C@H]1O[C@@H](n2cnc3c(N4CCCCC4)ncnc32)[C@H](O)[C@@H]1O. The summed E-state index contributed by atoms with van der Waals surface area (Å²) in [6.07, 6.45) is 1.29. The molecule has 2 fully saturated rings. The number of ether oxygens (including phenoxy) is 1. The lowest BCUT2D eigenvalue weighted by molar-refractivity contribution is -0.0504. The van der Waals surface area contributed by atoms with E-state index < -0.39 is 39.0 Å². The van der Waals surface area contributed by atoms with Crippen molar-refractivity contribution in [1.82, 2.24) is 19.5 Å². The van der Waals surface area contributed by atoms with Gasteiger partial charge in [-0.25, -0.2) is 19.5 Å². The number of rotatable bonds is 5. The van der Waals surface area contributed by atoms with Crippen LogP contribution in [0.3, 0.4) is 0 Å². The molecular formula is C15H22N5O7P. The van der Waals surface area contributed by atoms with Gasteiger partial charge >= 0.3 is 7.82 Å². The van der Waals surface area contributed by atoms with Gasteiger partial charge < -0.3 is 29.6 Å². The molecule has 4 N–H and O–H groups in total. The predicted octanol–water partition coefficient (Wildman–Crippen LogP) is -0.455. The topological polar surface area (TPSA) is 163 Å². The summed E-state index contributed by atoms with van der Waals surface area (Å²) < 4.78 is 22.4. The Kier molecular flexibility index (Phi) is 5.36. The Bertz CT molecular complexity index is 883. The molecule has 0 aromatic carbocycles. The van der Waals surface area contributed by atoms with E-state index in [1.165, 1.54) is 23.6 Å². The largest absolute Gasteiger partial charge is 0.469 e. The van der Waals surface area contributed by atoms with Gasteiger partial charge in [0.2, 0.25) is 0 Å². The van der Waals surface area contributed by atoms with Gasteiger partial charge in [-0.05, 0) is 19.3 Å². The minimum Gasteiger partial charge on any atom is -0.387 e. The minimum absolute atomic E-state index is 0.434. The molecule has 12 nitrogen and oxygen atoms in total. The number of phosphoric ester groups is 1. The van der Waals surface area contributed by atoms with Gasteiger partial charge in [0.15, 0.2) is 23.2 Å². The molecule has 28 heavy (non-hydrogen) atoms. The van der Waals surface area contributed by atoms with Crippen LogP contribution in [0.15, 0.2) is 12.7 Å². The second-order valence-electron chi connectivity index (χ2n) is 6.90. The van der Waals surface area contributed by atoms with Gasteiger partial charge in [0.1, 0.15) is 24.6 Å². The minimum atomic E-state index is -4.72. The highest BCUT2D eigenvalue weighted by molar-refractivity contribution is 7.46. The number of hydrogen-bond acceptors (Lipinski definition) is 9. The Balaban J connectivity index is 1.60. The number of fused-ring (bicyclic) bond motifs is 1. The molecule has 4 atom stereocenters. The molecule has 4 rings (SSSR count). The lowest BCUT2D eigenvalue weighted by atomic mass is 10.1. The fourth-order valence-corrected chi connectivity index (χ4v) is 3.97. The Morgan fingerprint density at radius 3 is 2.61 bits per heavy atom. The molecular weight excluding hydrogens is 393 g/mol. The van der Waals surface area contributed by atoms with E-state index in [9.17, 15) is 14.8 Å². The summed E-state index contributed by atoms with van der Waals surface area (Å²) in [6.45, 7) is 1.18. The van der Waals surface area contributed by atoms with E-state index in [-0.39, 0.29) is 0 Å². The molecule has 2 saturated heterocycles. The van der Waals surface area contributed by atoms with Crippen LogP contribution in [0.25, 0.3) is 11.2 Å². The number of nitrogens with zero attached hydrogens (tertiary/aromatic N) is 5. The second kappa shape index (κ2) is 7.64. The van der Waals surface area contributed by atoms with Crippen LogP contribution < -0.4 is 4.90 Å². The third kappa shape index (κ3) is 3.77. The van der Waals surface area contributed by atoms with E-state index in [1.54, 1.807) is 0 Å². The van der Waals surface area contributed by atoms with Crippen LogP contribution in [0.2, 0.25) is 0 Å². The summed E-state index contributed by atoms with van der Waals surface area (Å²) in [5, 5.41) is 20.6. The van der Waals surface area contributed by atoms with Crippen molar-refractivity contribution >= 4 is 24.8 Å². The number of imidazole rings is 1. The summed E-state index contributed by atoms with van der Waals surface area (Å²) in [5.74, 6) is 0.706. The number of hydrogen-bond donors (Lipinski definition) is 4. The monoisotopic (exact) mass is 415 g/mol. The zero-order chi connectivity index (χ0) is 19.9. The van der Waals surface area contributed by atoms with Gasteiger partial charge in [-0.15, -0.1) is 0 Å². The lowest BCUT2D eigenvalue weighted by Gasteiger charge is -2.27. The Labute approximate surface area is 160 Å². The fraction of sp³-hybridized carbons (Fsp3) is 0.667. The van der Waals surface area contributed by atoms with Gasteiger partial charge in [0.05, 0.1) is 12.9 Å². The van der Waals surface area contributed by atoms with Crippen molar-refractivity contribution in [2.45, 2.75) is 43.8 Å². The van der Waals surface area contributed by atoms with E-state index >= 15 is 0 Å². The molecule has 0 amide bonds. The molecule has 13 heteroatoms. The Morgan fingerprint density at radius 2 is 1.89 bits per heavy atom. The lowest BCUT2D eigenvalue weighted by Crippen LogP contribution is -2.33. The van der Waals surface area contributed by atoms with Gasteiger partial charge in [0, 0.05) is 13.1 Å². The standard InChI is InChI=1S/C15H22N5O7P/c21-11-9(6-26-28(23,24)25)27-15(12(11)22)20-8-18-10-13(16-7-17-14(10)20)19-4-2-1-3-5-19/h7-9,11-12,15,21-22H,1-6H2,(H2,23,24,25)/t9-,11-,12-,15-/m1/s1. The number of aromatic nitrogens is 4. The molecule has 0 saturated carbocycles. The number of aliphatic hydroxyl groups excluding tert-OH is 2. The molecule has 0 aliphatic carbocycles. The van der Waals surface area contributed by atoms with Crippen molar-refractivity contribution in [3.05, 3.63) is 12.7 Å². The van der Waals surface area contributed by atoms with Crippen molar-refractivity contribution in [3.8, 4) is 0 Å². The van der Waals surface area contributed by atoms with Crippen LogP contribution in [0.4, 0.5) is 5.82 Å². The van der Waals surface area contributed by atoms with Crippen molar-refractivity contribution < 1.29 is 33.8 Å². The maximum absolute atomic E-state index is 10.9. The predicted molar refractivity (Wildman–Crippen MR) is 95.3 cm³/mol. The van der Waals surface area contributed by atoms with Crippen molar-refractivity contribution in [3.63, 3.8) is 0 Å². The summed E-state index contributed by atoms with van der Waals surface area (Å²) in [7, 11) is -4.72. The van der Waals surface area contributed by atoms with Crippen molar-refractivity contribution in [2.24, 2.45) is 0 Å². The van der Waals surface area contributed by atoms with E-state index in [4.69, 9.17) is 14.5 Å². The maximum Gasteiger partial charge on any atom is 0.469 e. The van der Waals surface area contributed by atoms with Crippen LogP contribution in [-0.4, -0.2) is 77.5 Å². The van der Waals surface area contributed by atoms with Crippen molar-refractivity contribution in [2.75, 3.05) is 24.6 Å². The van der Waals surface area contributed by atoms with E-state index in [2.05, 4.69) is 24.4 Å². The molecule has 0 bridgehead atoms. The number of piperidine rings is 1. The summed E-state index contributed by atoms with van der Waals surface area (Å²) >= 11 is 0. The van der Waals surface area contributed by atoms with E-state index in [1.807, 2.05) is 0 Å². The van der Waals surface area contributed by atoms with Gasteiger partial charge in [-0.1, -0.05) is 0 Å². The summed E-state index contributed by atoms with van der Waals surface area (Å²) in [4.78, 5) is 32.8.